The molecule has 24 heavy (non-hydrogen) atoms. The van der Waals surface area contributed by atoms with Gasteiger partial charge in [-0.3, -0.25) is 4.79 Å². The van der Waals surface area contributed by atoms with Gasteiger partial charge in [0.1, 0.15) is 11.5 Å². The highest BCUT2D eigenvalue weighted by molar-refractivity contribution is 6.05. The predicted molar refractivity (Wildman–Crippen MR) is 93.0 cm³/mol. The van der Waals surface area contributed by atoms with Gasteiger partial charge in [0.2, 0.25) is 0 Å². The number of amides is 1. The Hall–Kier alpha value is -2.82. The number of allylic oxidation sites excluding steroid dienone is 1. The zero-order chi connectivity index (χ0) is 16.8. The topological polar surface area (TPSA) is 63.8 Å². The Bertz CT molecular complexity index is 743. The second kappa shape index (κ2) is 7.64. The van der Waals surface area contributed by atoms with Crippen LogP contribution in [0.1, 0.15) is 41.8 Å². The van der Waals surface area contributed by atoms with Crippen LogP contribution in [-0.4, -0.2) is 18.7 Å². The molecular weight excluding hydrogens is 304 g/mol. The lowest BCUT2D eigenvalue weighted by molar-refractivity contribution is 0.0954. The molecular formula is C19H20N2O3. The molecule has 5 heteroatoms. The first-order valence-corrected chi connectivity index (χ1v) is 8.01. The SMILES string of the molecule is COc1ccc(C(=O)NN=C2CCCCC2=Cc2ccco2)cc1. The number of nitrogens with one attached hydrogen (secondary N) is 1. The minimum absolute atomic E-state index is 0.229. The third kappa shape index (κ3) is 3.93. The molecule has 0 radical (unpaired) electrons. The van der Waals surface area contributed by atoms with Gasteiger partial charge < -0.3 is 9.15 Å². The summed E-state index contributed by atoms with van der Waals surface area (Å²) in [5.74, 6) is 1.29. The van der Waals surface area contributed by atoms with E-state index in [2.05, 4.69) is 10.5 Å². The van der Waals surface area contributed by atoms with Gasteiger partial charge in [0.15, 0.2) is 0 Å². The number of benzene rings is 1. The van der Waals surface area contributed by atoms with Crippen LogP contribution >= 0.6 is 0 Å². The van der Waals surface area contributed by atoms with Crippen molar-refractivity contribution in [3.05, 3.63) is 59.6 Å². The van der Waals surface area contributed by atoms with Crippen molar-refractivity contribution in [2.75, 3.05) is 7.11 Å². The van der Waals surface area contributed by atoms with E-state index in [1.165, 1.54) is 0 Å². The summed E-state index contributed by atoms with van der Waals surface area (Å²) in [5, 5.41) is 4.34. The lowest BCUT2D eigenvalue weighted by Crippen LogP contribution is -2.21. The number of hydrogen-bond acceptors (Lipinski definition) is 4. The average Bonchev–Trinajstić information content (AvgIpc) is 3.14. The van der Waals surface area contributed by atoms with Crippen molar-refractivity contribution in [3.8, 4) is 5.75 Å². The van der Waals surface area contributed by atoms with Crippen LogP contribution in [-0.2, 0) is 0 Å². The van der Waals surface area contributed by atoms with Gasteiger partial charge in [0.05, 0.1) is 19.1 Å². The number of methoxy groups -OCH3 is 1. The summed E-state index contributed by atoms with van der Waals surface area (Å²) in [6, 6.07) is 10.7. The number of nitrogens with zero attached hydrogens (tertiary/aromatic N) is 1. The van der Waals surface area contributed by atoms with Crippen LogP contribution in [0.2, 0.25) is 0 Å². The lowest BCUT2D eigenvalue weighted by Gasteiger charge is -2.16. The molecule has 0 unspecified atom stereocenters. The third-order valence-electron chi connectivity index (χ3n) is 3.98. The van der Waals surface area contributed by atoms with E-state index in [-0.39, 0.29) is 5.91 Å². The molecule has 0 atom stereocenters. The van der Waals surface area contributed by atoms with E-state index in [4.69, 9.17) is 9.15 Å². The van der Waals surface area contributed by atoms with Crippen LogP contribution in [0.5, 0.6) is 5.75 Å². The van der Waals surface area contributed by atoms with Crippen LogP contribution in [0.25, 0.3) is 6.08 Å². The van der Waals surface area contributed by atoms with Crippen LogP contribution in [0.3, 0.4) is 0 Å². The molecule has 1 fully saturated rings. The number of furan rings is 1. The van der Waals surface area contributed by atoms with Gasteiger partial charge in [0.25, 0.3) is 5.91 Å². The Morgan fingerprint density at radius 2 is 2.00 bits per heavy atom. The van der Waals surface area contributed by atoms with Gasteiger partial charge in [-0.05, 0) is 73.7 Å². The van der Waals surface area contributed by atoms with Crippen LogP contribution in [0, 0.1) is 0 Å². The van der Waals surface area contributed by atoms with E-state index in [1.54, 1.807) is 37.6 Å². The molecule has 0 aliphatic heterocycles. The Labute approximate surface area is 141 Å². The van der Waals surface area contributed by atoms with E-state index in [0.29, 0.717) is 11.3 Å². The summed E-state index contributed by atoms with van der Waals surface area (Å²) in [5.41, 5.74) is 5.23. The monoisotopic (exact) mass is 324 g/mol. The Morgan fingerprint density at radius 1 is 1.21 bits per heavy atom. The largest absolute Gasteiger partial charge is 0.497 e. The second-order valence-corrected chi connectivity index (χ2v) is 5.62. The molecule has 1 aliphatic rings. The van der Waals surface area contributed by atoms with Crippen LogP contribution < -0.4 is 10.2 Å². The Morgan fingerprint density at radius 3 is 2.71 bits per heavy atom. The third-order valence-corrected chi connectivity index (χ3v) is 3.98. The summed E-state index contributed by atoms with van der Waals surface area (Å²) in [7, 11) is 1.59. The van der Waals surface area contributed by atoms with Crippen LogP contribution in [0.15, 0.2) is 57.8 Å². The molecule has 0 spiro atoms. The van der Waals surface area contributed by atoms with Gasteiger partial charge in [-0.1, -0.05) is 0 Å². The normalized spacial score (nSPS) is 17.9. The van der Waals surface area contributed by atoms with Gasteiger partial charge in [-0.2, -0.15) is 5.10 Å². The van der Waals surface area contributed by atoms with E-state index >= 15 is 0 Å². The molecule has 1 aromatic carbocycles. The molecule has 3 rings (SSSR count). The number of ether oxygens (including phenoxy) is 1. The minimum Gasteiger partial charge on any atom is -0.497 e. The fourth-order valence-corrected chi connectivity index (χ4v) is 2.67. The molecule has 0 saturated heterocycles. The molecule has 1 amide bonds. The van der Waals surface area contributed by atoms with Crippen molar-refractivity contribution in [2.24, 2.45) is 5.10 Å². The van der Waals surface area contributed by atoms with Gasteiger partial charge >= 0.3 is 0 Å². The van der Waals surface area contributed by atoms with Gasteiger partial charge in [-0.15, -0.1) is 0 Å². The Kier molecular flexibility index (Phi) is 5.11. The maximum atomic E-state index is 12.2. The van der Waals surface area contributed by atoms with Crippen LogP contribution in [0.4, 0.5) is 0 Å². The summed E-state index contributed by atoms with van der Waals surface area (Å²) in [4.78, 5) is 12.2. The van der Waals surface area contributed by atoms with E-state index in [0.717, 1.165) is 42.7 Å². The van der Waals surface area contributed by atoms with Crippen molar-refractivity contribution >= 4 is 17.7 Å². The van der Waals surface area contributed by atoms with E-state index < -0.39 is 0 Å². The highest BCUT2D eigenvalue weighted by Crippen LogP contribution is 2.23. The van der Waals surface area contributed by atoms with Gasteiger partial charge in [0, 0.05) is 5.56 Å². The van der Waals surface area contributed by atoms with Gasteiger partial charge in [-0.25, -0.2) is 5.43 Å². The molecule has 2 aromatic rings. The van der Waals surface area contributed by atoms with Crippen molar-refractivity contribution in [1.29, 1.82) is 0 Å². The molecule has 0 bridgehead atoms. The summed E-state index contributed by atoms with van der Waals surface area (Å²) in [6.07, 6.45) is 7.65. The zero-order valence-corrected chi connectivity index (χ0v) is 13.6. The number of carbonyl (C=O) groups is 1. The standard InChI is InChI=1S/C19H20N2O3/c1-23-16-10-8-14(9-11-16)19(22)21-20-18-7-3-2-5-15(18)13-17-6-4-12-24-17/h4,6,8-13H,2-3,5,7H2,1H3,(H,21,22). The number of rotatable bonds is 4. The fourth-order valence-electron chi connectivity index (χ4n) is 2.67. The smallest absolute Gasteiger partial charge is 0.271 e. The summed E-state index contributed by atoms with van der Waals surface area (Å²) < 4.78 is 10.5. The molecule has 1 heterocycles. The first kappa shape index (κ1) is 16.1. The molecule has 1 aliphatic carbocycles. The van der Waals surface area contributed by atoms with Crippen molar-refractivity contribution in [1.82, 2.24) is 5.43 Å². The molecule has 5 nitrogen and oxygen atoms in total. The summed E-state index contributed by atoms with van der Waals surface area (Å²) >= 11 is 0. The lowest BCUT2D eigenvalue weighted by atomic mass is 9.92. The molecule has 124 valence electrons. The van der Waals surface area contributed by atoms with E-state index in [1.807, 2.05) is 18.2 Å². The number of carbonyl (C=O) groups excluding carboxylic acids is 1. The maximum Gasteiger partial charge on any atom is 0.271 e. The molecule has 1 N–H and O–H groups in total. The van der Waals surface area contributed by atoms with E-state index in [9.17, 15) is 4.79 Å². The number of hydrazone groups is 1. The van der Waals surface area contributed by atoms with Crippen molar-refractivity contribution < 1.29 is 13.9 Å². The number of hydrogen-bond donors (Lipinski definition) is 1. The maximum absolute atomic E-state index is 12.2. The summed E-state index contributed by atoms with van der Waals surface area (Å²) in [6.45, 7) is 0. The highest BCUT2D eigenvalue weighted by atomic mass is 16.5. The fraction of sp³-hybridized carbons (Fsp3) is 0.263. The average molecular weight is 324 g/mol. The first-order chi connectivity index (χ1) is 11.8. The van der Waals surface area contributed by atoms with Crippen molar-refractivity contribution in [3.63, 3.8) is 0 Å². The molecule has 1 saturated carbocycles. The highest BCUT2D eigenvalue weighted by Gasteiger charge is 2.15. The zero-order valence-electron chi connectivity index (χ0n) is 13.6. The quantitative estimate of drug-likeness (QED) is 0.864. The van der Waals surface area contributed by atoms with Crippen molar-refractivity contribution in [2.45, 2.75) is 25.7 Å². The minimum atomic E-state index is -0.229. The second-order valence-electron chi connectivity index (χ2n) is 5.62. The molecule has 1 aromatic heterocycles. The predicted octanol–water partition coefficient (Wildman–Crippen LogP) is 4.03. The first-order valence-electron chi connectivity index (χ1n) is 8.01. The Balaban J connectivity index is 1.72.